The zero-order chi connectivity index (χ0) is 16.0. The number of hydrogen-bond donors (Lipinski definition) is 1. The summed E-state index contributed by atoms with van der Waals surface area (Å²) in [5.74, 6) is -3.83. The minimum absolute atomic E-state index is 0.0596. The molecule has 0 aromatic heterocycles. The van der Waals surface area contributed by atoms with Crippen molar-refractivity contribution in [3.63, 3.8) is 0 Å². The Morgan fingerprint density at radius 3 is 2.33 bits per heavy atom. The normalized spacial score (nSPS) is 13.3. The summed E-state index contributed by atoms with van der Waals surface area (Å²) in [4.78, 5) is 0. The van der Waals surface area contributed by atoms with Crippen LogP contribution in [0.3, 0.4) is 0 Å². The molecule has 0 radical (unpaired) electrons. The van der Waals surface area contributed by atoms with Crippen LogP contribution in [0.5, 0.6) is 11.5 Å². The lowest BCUT2D eigenvalue weighted by Gasteiger charge is -2.29. The molecular weight excluding hydrogens is 290 g/mol. The van der Waals surface area contributed by atoms with E-state index in [0.717, 1.165) is 0 Å². The summed E-state index contributed by atoms with van der Waals surface area (Å²) >= 11 is 0. The van der Waals surface area contributed by atoms with Crippen LogP contribution in [0.2, 0.25) is 0 Å². The lowest BCUT2D eigenvalue weighted by atomic mass is 9.99. The van der Waals surface area contributed by atoms with E-state index in [9.17, 15) is 17.6 Å². The Hall–Kier alpha value is -1.50. The third-order valence-corrected chi connectivity index (χ3v) is 3.02. The van der Waals surface area contributed by atoms with Crippen LogP contribution in [-0.4, -0.2) is 33.1 Å². The molecule has 1 unspecified atom stereocenters. The van der Waals surface area contributed by atoms with Gasteiger partial charge in [-0.15, -0.1) is 0 Å². The van der Waals surface area contributed by atoms with Crippen LogP contribution in [-0.2, 0) is 0 Å². The van der Waals surface area contributed by atoms with Crippen molar-refractivity contribution in [2.75, 3.05) is 20.8 Å². The van der Waals surface area contributed by atoms with Gasteiger partial charge < -0.3 is 14.8 Å². The molecule has 0 saturated carbocycles. The van der Waals surface area contributed by atoms with E-state index >= 15 is 0 Å². The van der Waals surface area contributed by atoms with E-state index in [1.54, 1.807) is 6.92 Å². The molecule has 0 aliphatic rings. The van der Waals surface area contributed by atoms with Crippen LogP contribution in [0.4, 0.5) is 17.6 Å². The van der Waals surface area contributed by atoms with E-state index in [2.05, 4.69) is 5.32 Å². The molecule has 1 N–H and O–H groups in total. The summed E-state index contributed by atoms with van der Waals surface area (Å²) in [5, 5.41) is 2.47. The predicted molar refractivity (Wildman–Crippen MR) is 71.5 cm³/mol. The molecule has 0 saturated heterocycles. The molecule has 120 valence electrons. The first-order chi connectivity index (χ1) is 9.88. The fraction of sp³-hybridized carbons (Fsp3) is 0.571. The maximum atomic E-state index is 13.9. The maximum absolute atomic E-state index is 13.9. The fourth-order valence-electron chi connectivity index (χ4n) is 1.93. The highest BCUT2D eigenvalue weighted by Crippen LogP contribution is 2.41. The van der Waals surface area contributed by atoms with Crippen LogP contribution >= 0.6 is 0 Å². The molecule has 0 aliphatic heterocycles. The molecule has 0 spiro atoms. The van der Waals surface area contributed by atoms with E-state index in [4.69, 9.17) is 9.47 Å². The maximum Gasteiger partial charge on any atom is 0.326 e. The lowest BCUT2D eigenvalue weighted by Crippen LogP contribution is -2.43. The van der Waals surface area contributed by atoms with Crippen molar-refractivity contribution in [2.24, 2.45) is 0 Å². The second-order valence-electron chi connectivity index (χ2n) is 4.47. The molecule has 0 fully saturated rings. The molecule has 0 bridgehead atoms. The van der Waals surface area contributed by atoms with Crippen molar-refractivity contribution in [1.82, 2.24) is 5.32 Å². The number of nitrogens with one attached hydrogen (secondary N) is 1. The Morgan fingerprint density at radius 1 is 1.19 bits per heavy atom. The number of halogens is 4. The van der Waals surface area contributed by atoms with Crippen LogP contribution in [0.15, 0.2) is 18.2 Å². The first-order valence-corrected chi connectivity index (χ1v) is 6.49. The van der Waals surface area contributed by atoms with E-state index in [1.807, 2.05) is 0 Å². The fourth-order valence-corrected chi connectivity index (χ4v) is 1.93. The number of hydrogen-bond acceptors (Lipinski definition) is 3. The Balaban J connectivity index is 3.30. The van der Waals surface area contributed by atoms with Crippen LogP contribution in [0.25, 0.3) is 0 Å². The standard InChI is InChI=1S/C14H19F4NO2/c1-4-7-19-12(14(17,18)13(15)16)10-8-9(20-2)5-6-11(10)21-3/h5-6,8,12-13,19H,4,7H2,1-3H3. The second-order valence-corrected chi connectivity index (χ2v) is 4.47. The summed E-state index contributed by atoms with van der Waals surface area (Å²) in [6.45, 7) is 1.93. The quantitative estimate of drug-likeness (QED) is 0.744. The first kappa shape index (κ1) is 17.6. The Morgan fingerprint density at radius 2 is 1.86 bits per heavy atom. The van der Waals surface area contributed by atoms with Crippen LogP contribution < -0.4 is 14.8 Å². The van der Waals surface area contributed by atoms with Gasteiger partial charge in [-0.25, -0.2) is 8.78 Å². The van der Waals surface area contributed by atoms with Gasteiger partial charge in [0.2, 0.25) is 0 Å². The topological polar surface area (TPSA) is 30.5 Å². The van der Waals surface area contributed by atoms with Crippen molar-refractivity contribution in [1.29, 1.82) is 0 Å². The Kier molecular flexibility index (Phi) is 6.26. The number of methoxy groups -OCH3 is 2. The molecular formula is C14H19F4NO2. The van der Waals surface area contributed by atoms with Crippen molar-refractivity contribution in [2.45, 2.75) is 31.7 Å². The highest BCUT2D eigenvalue weighted by Gasteiger charge is 2.50. The van der Waals surface area contributed by atoms with E-state index in [-0.39, 0.29) is 17.9 Å². The minimum atomic E-state index is -4.23. The molecule has 3 nitrogen and oxygen atoms in total. The lowest BCUT2D eigenvalue weighted by molar-refractivity contribution is -0.151. The highest BCUT2D eigenvalue weighted by atomic mass is 19.3. The van der Waals surface area contributed by atoms with Gasteiger partial charge in [-0.3, -0.25) is 0 Å². The minimum Gasteiger partial charge on any atom is -0.497 e. The molecule has 1 atom stereocenters. The summed E-state index contributed by atoms with van der Waals surface area (Å²) in [7, 11) is 2.66. The number of benzene rings is 1. The SMILES string of the molecule is CCCNC(c1cc(OC)ccc1OC)C(F)(F)C(F)F. The highest BCUT2D eigenvalue weighted by molar-refractivity contribution is 5.43. The smallest absolute Gasteiger partial charge is 0.326 e. The zero-order valence-corrected chi connectivity index (χ0v) is 12.1. The van der Waals surface area contributed by atoms with Gasteiger partial charge in [0.1, 0.15) is 17.5 Å². The molecule has 0 heterocycles. The van der Waals surface area contributed by atoms with Gasteiger partial charge in [0.25, 0.3) is 0 Å². The molecule has 1 rings (SSSR count). The summed E-state index contributed by atoms with van der Waals surface area (Å²) in [6.07, 6.45) is -3.26. The zero-order valence-electron chi connectivity index (χ0n) is 12.1. The number of ether oxygens (including phenoxy) is 2. The second kappa shape index (κ2) is 7.49. The number of alkyl halides is 4. The largest absolute Gasteiger partial charge is 0.497 e. The van der Waals surface area contributed by atoms with Crippen molar-refractivity contribution in [3.8, 4) is 11.5 Å². The summed E-state index contributed by atoms with van der Waals surface area (Å²) < 4.78 is 63.2. The molecule has 0 aliphatic carbocycles. The van der Waals surface area contributed by atoms with Gasteiger partial charge in [-0.2, -0.15) is 8.78 Å². The van der Waals surface area contributed by atoms with Gasteiger partial charge >= 0.3 is 12.3 Å². The summed E-state index contributed by atoms with van der Waals surface area (Å²) in [6, 6.07) is 2.35. The van der Waals surface area contributed by atoms with E-state index in [0.29, 0.717) is 12.2 Å². The van der Waals surface area contributed by atoms with Gasteiger partial charge in [0.15, 0.2) is 0 Å². The van der Waals surface area contributed by atoms with E-state index < -0.39 is 18.4 Å². The average Bonchev–Trinajstić information content (AvgIpc) is 2.47. The average molecular weight is 309 g/mol. The predicted octanol–water partition coefficient (Wildman–Crippen LogP) is 3.64. The van der Waals surface area contributed by atoms with Gasteiger partial charge in [-0.1, -0.05) is 6.92 Å². The molecule has 1 aromatic carbocycles. The Bertz CT molecular complexity index is 455. The third kappa shape index (κ3) is 4.00. The first-order valence-electron chi connectivity index (χ1n) is 6.49. The molecule has 1 aromatic rings. The molecule has 0 amide bonds. The van der Waals surface area contributed by atoms with Crippen molar-refractivity contribution in [3.05, 3.63) is 23.8 Å². The van der Waals surface area contributed by atoms with Crippen LogP contribution in [0, 0.1) is 0 Å². The summed E-state index contributed by atoms with van der Waals surface area (Å²) in [5.41, 5.74) is -0.0596. The number of rotatable bonds is 8. The van der Waals surface area contributed by atoms with Crippen molar-refractivity contribution < 1.29 is 27.0 Å². The van der Waals surface area contributed by atoms with Gasteiger partial charge in [0, 0.05) is 5.56 Å². The molecule has 7 heteroatoms. The molecule has 21 heavy (non-hydrogen) atoms. The third-order valence-electron chi connectivity index (χ3n) is 3.02. The van der Waals surface area contributed by atoms with Gasteiger partial charge in [0.05, 0.1) is 14.2 Å². The van der Waals surface area contributed by atoms with Gasteiger partial charge in [-0.05, 0) is 31.2 Å². The van der Waals surface area contributed by atoms with E-state index in [1.165, 1.54) is 32.4 Å². The van der Waals surface area contributed by atoms with Crippen LogP contribution in [0.1, 0.15) is 24.9 Å². The van der Waals surface area contributed by atoms with Crippen molar-refractivity contribution >= 4 is 0 Å². The Labute approximate surface area is 121 Å². The monoisotopic (exact) mass is 309 g/mol.